The van der Waals surface area contributed by atoms with Crippen LogP contribution in [-0.2, 0) is 18.4 Å². The third kappa shape index (κ3) is 5.12. The lowest BCUT2D eigenvalue weighted by Crippen LogP contribution is -2.16. The van der Waals surface area contributed by atoms with E-state index in [9.17, 15) is 14.0 Å². The second kappa shape index (κ2) is 9.30. The molecule has 4 rings (SSSR count). The van der Waals surface area contributed by atoms with Crippen molar-refractivity contribution in [2.45, 2.75) is 13.5 Å². The summed E-state index contributed by atoms with van der Waals surface area (Å²) in [5.74, 6) is -1.03. The van der Waals surface area contributed by atoms with E-state index >= 15 is 0 Å². The lowest BCUT2D eigenvalue weighted by molar-refractivity contribution is 0.101. The molecule has 0 saturated carbocycles. The van der Waals surface area contributed by atoms with E-state index in [1.165, 1.54) is 22.9 Å². The Morgan fingerprint density at radius 2 is 1.82 bits per heavy atom. The average molecular weight is 467 g/mol. The molecule has 3 aromatic carbocycles. The van der Waals surface area contributed by atoms with Crippen LogP contribution in [0.1, 0.15) is 21.6 Å². The minimum Gasteiger partial charge on any atom is -0.444 e. The molecular weight excluding hydrogens is 447 g/mol. The molecule has 1 aromatic heterocycles. The first-order valence-corrected chi connectivity index (χ1v) is 10.4. The number of amides is 2. The fourth-order valence-corrected chi connectivity index (χ4v) is 3.60. The Bertz CT molecular complexity index is 1370. The van der Waals surface area contributed by atoms with E-state index in [0.717, 1.165) is 11.1 Å². The zero-order chi connectivity index (χ0) is 23.5. The van der Waals surface area contributed by atoms with Gasteiger partial charge in [-0.05, 0) is 48.9 Å². The molecule has 168 valence electrons. The number of halogens is 2. The van der Waals surface area contributed by atoms with Gasteiger partial charge in [0.25, 0.3) is 5.91 Å². The van der Waals surface area contributed by atoms with Crippen molar-refractivity contribution in [3.05, 3.63) is 88.3 Å². The van der Waals surface area contributed by atoms with Gasteiger partial charge in [-0.15, -0.1) is 0 Å². The van der Waals surface area contributed by atoms with E-state index in [2.05, 4.69) is 15.7 Å². The molecule has 4 aromatic rings. The maximum absolute atomic E-state index is 13.4. The van der Waals surface area contributed by atoms with Crippen LogP contribution in [0.3, 0.4) is 0 Å². The standard InChI is InChI=1S/C24H20ClFN4O3/c1-14-4-3-5-15(10-14)13-33-24(32)28-16-7-9-21-18(11-16)22(30(2)29-21)23(31)27-17-6-8-20(26)19(25)12-17/h3-12H,13H2,1-2H3,(H,27,31)(H,28,32). The summed E-state index contributed by atoms with van der Waals surface area (Å²) in [5.41, 5.74) is 3.58. The molecule has 0 unspecified atom stereocenters. The van der Waals surface area contributed by atoms with Crippen molar-refractivity contribution in [3.8, 4) is 0 Å². The number of carbonyl (C=O) groups is 2. The van der Waals surface area contributed by atoms with E-state index in [0.29, 0.717) is 22.3 Å². The number of ether oxygens (including phenoxy) is 1. The fourth-order valence-electron chi connectivity index (χ4n) is 3.41. The molecule has 2 amide bonds. The fraction of sp³-hybridized carbons (Fsp3) is 0.125. The Hall–Kier alpha value is -3.91. The molecule has 0 atom stereocenters. The van der Waals surface area contributed by atoms with Crippen molar-refractivity contribution >= 4 is 45.9 Å². The van der Waals surface area contributed by atoms with Gasteiger partial charge in [-0.25, -0.2) is 9.18 Å². The Morgan fingerprint density at radius 3 is 2.58 bits per heavy atom. The predicted octanol–water partition coefficient (Wildman–Crippen LogP) is 5.68. The van der Waals surface area contributed by atoms with Gasteiger partial charge in [-0.3, -0.25) is 14.8 Å². The van der Waals surface area contributed by atoms with Gasteiger partial charge < -0.3 is 10.1 Å². The molecule has 0 radical (unpaired) electrons. The number of carbonyl (C=O) groups excluding carboxylic acids is 2. The van der Waals surface area contributed by atoms with Gasteiger partial charge in [0.2, 0.25) is 0 Å². The van der Waals surface area contributed by atoms with Gasteiger partial charge >= 0.3 is 6.09 Å². The molecule has 0 bridgehead atoms. The van der Waals surface area contributed by atoms with Crippen molar-refractivity contribution in [3.63, 3.8) is 0 Å². The summed E-state index contributed by atoms with van der Waals surface area (Å²) in [7, 11) is 1.63. The third-order valence-electron chi connectivity index (χ3n) is 4.92. The van der Waals surface area contributed by atoms with Gasteiger partial charge in [0.1, 0.15) is 18.1 Å². The van der Waals surface area contributed by atoms with Crippen molar-refractivity contribution in [2.75, 3.05) is 10.6 Å². The normalized spacial score (nSPS) is 10.8. The van der Waals surface area contributed by atoms with Crippen LogP contribution < -0.4 is 10.6 Å². The monoisotopic (exact) mass is 466 g/mol. The Morgan fingerprint density at radius 1 is 1.06 bits per heavy atom. The Kier molecular flexibility index (Phi) is 6.28. The number of anilines is 2. The number of benzene rings is 3. The van der Waals surface area contributed by atoms with Gasteiger partial charge in [0, 0.05) is 23.8 Å². The lowest BCUT2D eigenvalue weighted by atomic mass is 10.1. The summed E-state index contributed by atoms with van der Waals surface area (Å²) in [5, 5.41) is 10.1. The zero-order valence-electron chi connectivity index (χ0n) is 17.9. The highest BCUT2D eigenvalue weighted by molar-refractivity contribution is 6.31. The second-order valence-corrected chi connectivity index (χ2v) is 7.88. The van der Waals surface area contributed by atoms with Gasteiger partial charge in [-0.1, -0.05) is 41.4 Å². The number of aromatic nitrogens is 2. The van der Waals surface area contributed by atoms with Gasteiger partial charge in [0.15, 0.2) is 0 Å². The third-order valence-corrected chi connectivity index (χ3v) is 5.21. The topological polar surface area (TPSA) is 85.2 Å². The first-order valence-electron chi connectivity index (χ1n) is 10.0. The van der Waals surface area contributed by atoms with Gasteiger partial charge in [-0.2, -0.15) is 5.10 Å². The molecule has 9 heteroatoms. The molecule has 0 aliphatic rings. The molecule has 1 heterocycles. The first-order chi connectivity index (χ1) is 15.8. The lowest BCUT2D eigenvalue weighted by Gasteiger charge is -2.09. The Labute approximate surface area is 194 Å². The highest BCUT2D eigenvalue weighted by atomic mass is 35.5. The second-order valence-electron chi connectivity index (χ2n) is 7.48. The first kappa shape index (κ1) is 22.3. The highest BCUT2D eigenvalue weighted by Crippen LogP contribution is 2.25. The maximum Gasteiger partial charge on any atom is 0.411 e. The predicted molar refractivity (Wildman–Crippen MR) is 125 cm³/mol. The molecule has 0 saturated heterocycles. The van der Waals surface area contributed by atoms with E-state index in [-0.39, 0.29) is 17.3 Å². The number of nitrogens with one attached hydrogen (secondary N) is 2. The van der Waals surface area contributed by atoms with Crippen LogP contribution in [0.25, 0.3) is 10.9 Å². The van der Waals surface area contributed by atoms with Crippen LogP contribution in [0.2, 0.25) is 5.02 Å². The summed E-state index contributed by atoms with van der Waals surface area (Å²) in [6, 6.07) is 16.6. The smallest absolute Gasteiger partial charge is 0.411 e. The summed E-state index contributed by atoms with van der Waals surface area (Å²) in [6.45, 7) is 2.10. The molecule has 7 nitrogen and oxygen atoms in total. The maximum atomic E-state index is 13.4. The number of rotatable bonds is 5. The molecule has 0 aliphatic carbocycles. The Balaban J connectivity index is 1.50. The zero-order valence-corrected chi connectivity index (χ0v) is 18.6. The molecule has 0 fully saturated rings. The molecule has 2 N–H and O–H groups in total. The number of aryl methyl sites for hydroxylation is 2. The van der Waals surface area contributed by atoms with Gasteiger partial charge in [0.05, 0.1) is 10.5 Å². The van der Waals surface area contributed by atoms with Crippen LogP contribution in [0.4, 0.5) is 20.6 Å². The minimum absolute atomic E-state index is 0.0988. The molecule has 0 spiro atoms. The van der Waals surface area contributed by atoms with Crippen molar-refractivity contribution in [2.24, 2.45) is 7.05 Å². The molecular formula is C24H20ClFN4O3. The molecule has 0 aliphatic heterocycles. The largest absolute Gasteiger partial charge is 0.444 e. The van der Waals surface area contributed by atoms with E-state index in [4.69, 9.17) is 16.3 Å². The van der Waals surface area contributed by atoms with Crippen molar-refractivity contribution < 1.29 is 18.7 Å². The summed E-state index contributed by atoms with van der Waals surface area (Å²) < 4.78 is 20.1. The van der Waals surface area contributed by atoms with Crippen LogP contribution >= 0.6 is 11.6 Å². The van der Waals surface area contributed by atoms with Crippen molar-refractivity contribution in [1.82, 2.24) is 9.78 Å². The van der Waals surface area contributed by atoms with E-state index in [1.807, 2.05) is 31.2 Å². The quantitative estimate of drug-likeness (QED) is 0.396. The van der Waals surface area contributed by atoms with E-state index < -0.39 is 17.8 Å². The van der Waals surface area contributed by atoms with E-state index in [1.54, 1.807) is 25.2 Å². The summed E-state index contributed by atoms with van der Waals surface area (Å²) >= 11 is 5.79. The van der Waals surface area contributed by atoms with Crippen LogP contribution in [0.5, 0.6) is 0 Å². The number of nitrogens with zero attached hydrogens (tertiary/aromatic N) is 2. The summed E-state index contributed by atoms with van der Waals surface area (Å²) in [6.07, 6.45) is -0.619. The minimum atomic E-state index is -0.619. The summed E-state index contributed by atoms with van der Waals surface area (Å²) in [4.78, 5) is 25.2. The van der Waals surface area contributed by atoms with Crippen LogP contribution in [-0.4, -0.2) is 21.8 Å². The van der Waals surface area contributed by atoms with Crippen LogP contribution in [0, 0.1) is 12.7 Å². The average Bonchev–Trinajstić information content (AvgIpc) is 3.10. The highest BCUT2D eigenvalue weighted by Gasteiger charge is 2.18. The van der Waals surface area contributed by atoms with Crippen LogP contribution in [0.15, 0.2) is 60.7 Å². The van der Waals surface area contributed by atoms with Crippen molar-refractivity contribution in [1.29, 1.82) is 0 Å². The number of hydrogen-bond acceptors (Lipinski definition) is 4. The number of hydrogen-bond donors (Lipinski definition) is 2. The molecule has 33 heavy (non-hydrogen) atoms. The number of fused-ring (bicyclic) bond motifs is 1. The SMILES string of the molecule is Cc1cccc(COC(=O)Nc2ccc3nn(C)c(C(=O)Nc4ccc(F)c(Cl)c4)c3c2)c1.